The van der Waals surface area contributed by atoms with Crippen LogP contribution in [0.1, 0.15) is 24.5 Å². The van der Waals surface area contributed by atoms with E-state index in [-0.39, 0.29) is 11.9 Å². The van der Waals surface area contributed by atoms with Gasteiger partial charge in [0.15, 0.2) is 0 Å². The first-order chi connectivity index (χ1) is 10.1. The maximum Gasteiger partial charge on any atom is 0.220 e. The van der Waals surface area contributed by atoms with Crippen molar-refractivity contribution in [3.63, 3.8) is 0 Å². The smallest absolute Gasteiger partial charge is 0.220 e. The molecule has 0 spiro atoms. The molecule has 0 aliphatic heterocycles. The zero-order chi connectivity index (χ0) is 15.1. The Balaban J connectivity index is 1.74. The lowest BCUT2D eigenvalue weighted by molar-refractivity contribution is -0.122. The quantitative estimate of drug-likeness (QED) is 0.826. The summed E-state index contributed by atoms with van der Waals surface area (Å²) in [5.74, 6) is -0.0131. The van der Waals surface area contributed by atoms with Crippen LogP contribution < -0.4 is 5.32 Å². The summed E-state index contributed by atoms with van der Waals surface area (Å²) in [6.45, 7) is 1.84. The van der Waals surface area contributed by atoms with Crippen molar-refractivity contribution < 1.29 is 9.90 Å². The van der Waals surface area contributed by atoms with Gasteiger partial charge in [0.05, 0.1) is 12.1 Å². The molecular formula is C17H21NO2S. The Morgan fingerprint density at radius 2 is 2.00 bits per heavy atom. The summed E-state index contributed by atoms with van der Waals surface area (Å²) < 4.78 is 0. The molecular weight excluding hydrogens is 282 g/mol. The second-order valence-electron chi connectivity index (χ2n) is 5.24. The first-order valence-corrected chi connectivity index (χ1v) is 8.12. The molecule has 0 saturated heterocycles. The van der Waals surface area contributed by atoms with Gasteiger partial charge < -0.3 is 10.4 Å². The summed E-state index contributed by atoms with van der Waals surface area (Å²) >= 11 is 1.64. The van der Waals surface area contributed by atoms with E-state index in [1.807, 2.05) is 48.7 Å². The van der Waals surface area contributed by atoms with Gasteiger partial charge >= 0.3 is 0 Å². The maximum atomic E-state index is 11.9. The third kappa shape index (κ3) is 5.33. The van der Waals surface area contributed by atoms with Crippen molar-refractivity contribution in [1.29, 1.82) is 0 Å². The van der Waals surface area contributed by atoms with E-state index in [0.29, 0.717) is 12.8 Å². The van der Waals surface area contributed by atoms with Crippen molar-refractivity contribution in [2.24, 2.45) is 0 Å². The molecule has 2 rings (SSSR count). The van der Waals surface area contributed by atoms with Crippen LogP contribution in [0.3, 0.4) is 0 Å². The Morgan fingerprint density at radius 3 is 2.67 bits per heavy atom. The predicted molar refractivity (Wildman–Crippen MR) is 86.4 cm³/mol. The van der Waals surface area contributed by atoms with Gasteiger partial charge in [-0.25, -0.2) is 0 Å². The summed E-state index contributed by atoms with van der Waals surface area (Å²) in [5, 5.41) is 17.1. The molecule has 2 unspecified atom stereocenters. The molecule has 2 N–H and O–H groups in total. The highest BCUT2D eigenvalue weighted by Crippen LogP contribution is 2.09. The summed E-state index contributed by atoms with van der Waals surface area (Å²) in [6, 6.07) is 11.6. The number of hydrogen-bond donors (Lipinski definition) is 2. The fourth-order valence-corrected chi connectivity index (χ4v) is 2.85. The molecule has 0 radical (unpaired) electrons. The Kier molecular flexibility index (Phi) is 5.96. The van der Waals surface area contributed by atoms with Gasteiger partial charge in [-0.1, -0.05) is 30.3 Å². The maximum absolute atomic E-state index is 11.9. The van der Waals surface area contributed by atoms with E-state index >= 15 is 0 Å². The largest absolute Gasteiger partial charge is 0.391 e. The minimum absolute atomic E-state index is 0.0131. The number of aliphatic hydroxyl groups is 1. The van der Waals surface area contributed by atoms with Crippen molar-refractivity contribution >= 4 is 17.2 Å². The van der Waals surface area contributed by atoms with Crippen molar-refractivity contribution in [1.82, 2.24) is 5.32 Å². The first kappa shape index (κ1) is 15.7. The van der Waals surface area contributed by atoms with E-state index < -0.39 is 6.10 Å². The second kappa shape index (κ2) is 7.96. The topological polar surface area (TPSA) is 49.3 Å². The molecule has 2 aromatic rings. The van der Waals surface area contributed by atoms with E-state index in [9.17, 15) is 9.90 Å². The third-order valence-electron chi connectivity index (χ3n) is 3.47. The van der Waals surface area contributed by atoms with Crippen LogP contribution in [-0.2, 0) is 17.6 Å². The van der Waals surface area contributed by atoms with Crippen LogP contribution in [0.5, 0.6) is 0 Å². The number of aryl methyl sites for hydroxylation is 1. The molecule has 0 fully saturated rings. The molecule has 21 heavy (non-hydrogen) atoms. The summed E-state index contributed by atoms with van der Waals surface area (Å²) in [4.78, 5) is 11.9. The normalized spacial score (nSPS) is 13.6. The van der Waals surface area contributed by atoms with E-state index in [1.165, 1.54) is 5.56 Å². The standard InChI is InChI=1S/C17H21NO2S/c1-13(16(19)11-14-5-3-2-4-6-14)18-17(20)8-7-15-9-10-21-12-15/h2-6,9-10,12-13,16,19H,7-8,11H2,1H3,(H,18,20). The number of benzene rings is 1. The molecule has 0 bridgehead atoms. The minimum atomic E-state index is -0.572. The third-order valence-corrected chi connectivity index (χ3v) is 4.21. The van der Waals surface area contributed by atoms with Crippen LogP contribution in [-0.4, -0.2) is 23.2 Å². The van der Waals surface area contributed by atoms with Gasteiger partial charge in [0.2, 0.25) is 5.91 Å². The van der Waals surface area contributed by atoms with Gasteiger partial charge in [-0.15, -0.1) is 0 Å². The first-order valence-electron chi connectivity index (χ1n) is 7.17. The number of nitrogens with one attached hydrogen (secondary N) is 1. The molecule has 1 aromatic carbocycles. The van der Waals surface area contributed by atoms with Crippen LogP contribution in [0.15, 0.2) is 47.2 Å². The average molecular weight is 303 g/mol. The number of aliphatic hydroxyl groups excluding tert-OH is 1. The van der Waals surface area contributed by atoms with Crippen molar-refractivity contribution in [2.45, 2.75) is 38.3 Å². The van der Waals surface area contributed by atoms with Crippen LogP contribution in [0.25, 0.3) is 0 Å². The highest BCUT2D eigenvalue weighted by atomic mass is 32.1. The van der Waals surface area contributed by atoms with E-state index in [1.54, 1.807) is 11.3 Å². The van der Waals surface area contributed by atoms with Crippen LogP contribution >= 0.6 is 11.3 Å². The molecule has 112 valence electrons. The lowest BCUT2D eigenvalue weighted by Gasteiger charge is -2.20. The van der Waals surface area contributed by atoms with Crippen LogP contribution in [0.2, 0.25) is 0 Å². The van der Waals surface area contributed by atoms with E-state index in [2.05, 4.69) is 10.7 Å². The molecule has 0 aliphatic rings. The molecule has 4 heteroatoms. The molecule has 1 amide bonds. The molecule has 0 aliphatic carbocycles. The Bertz CT molecular complexity index is 539. The number of carbonyl (C=O) groups excluding carboxylic acids is 1. The van der Waals surface area contributed by atoms with Gasteiger partial charge in [-0.05, 0) is 41.3 Å². The average Bonchev–Trinajstić information content (AvgIpc) is 2.99. The lowest BCUT2D eigenvalue weighted by Crippen LogP contribution is -2.42. The summed E-state index contributed by atoms with van der Waals surface area (Å²) in [6.07, 6.45) is 1.18. The zero-order valence-corrected chi connectivity index (χ0v) is 13.0. The second-order valence-corrected chi connectivity index (χ2v) is 6.02. The highest BCUT2D eigenvalue weighted by molar-refractivity contribution is 7.07. The van der Waals surface area contributed by atoms with Gasteiger partial charge in [0.1, 0.15) is 0 Å². The lowest BCUT2D eigenvalue weighted by atomic mass is 10.0. The van der Waals surface area contributed by atoms with Crippen LogP contribution in [0, 0.1) is 0 Å². The Labute approximate surface area is 129 Å². The predicted octanol–water partition coefficient (Wildman–Crippen LogP) is 2.79. The van der Waals surface area contributed by atoms with Crippen molar-refractivity contribution in [3.05, 3.63) is 58.3 Å². The van der Waals surface area contributed by atoms with Gasteiger partial charge in [-0.2, -0.15) is 11.3 Å². The molecule has 1 heterocycles. The summed E-state index contributed by atoms with van der Waals surface area (Å²) in [7, 11) is 0. The Hall–Kier alpha value is -1.65. The summed E-state index contributed by atoms with van der Waals surface area (Å²) in [5.41, 5.74) is 2.26. The molecule has 3 nitrogen and oxygen atoms in total. The van der Waals surface area contributed by atoms with Gasteiger partial charge in [-0.3, -0.25) is 4.79 Å². The fourth-order valence-electron chi connectivity index (χ4n) is 2.15. The van der Waals surface area contributed by atoms with Gasteiger partial charge in [0.25, 0.3) is 0 Å². The van der Waals surface area contributed by atoms with Gasteiger partial charge in [0, 0.05) is 12.8 Å². The monoisotopic (exact) mass is 303 g/mol. The van der Waals surface area contributed by atoms with Crippen LogP contribution in [0.4, 0.5) is 0 Å². The number of amides is 1. The number of hydrogen-bond acceptors (Lipinski definition) is 3. The number of thiophene rings is 1. The number of rotatable bonds is 7. The Morgan fingerprint density at radius 1 is 1.24 bits per heavy atom. The fraction of sp³-hybridized carbons (Fsp3) is 0.353. The number of carbonyl (C=O) groups is 1. The SMILES string of the molecule is CC(NC(=O)CCc1ccsc1)C(O)Cc1ccccc1. The molecule has 0 saturated carbocycles. The van der Waals surface area contributed by atoms with Crippen molar-refractivity contribution in [2.75, 3.05) is 0 Å². The van der Waals surface area contributed by atoms with Crippen molar-refractivity contribution in [3.8, 4) is 0 Å². The van der Waals surface area contributed by atoms with E-state index in [4.69, 9.17) is 0 Å². The van der Waals surface area contributed by atoms with E-state index in [0.717, 1.165) is 12.0 Å². The highest BCUT2D eigenvalue weighted by Gasteiger charge is 2.16. The molecule has 2 atom stereocenters. The zero-order valence-electron chi connectivity index (χ0n) is 12.2. The molecule has 1 aromatic heterocycles. The minimum Gasteiger partial charge on any atom is -0.391 e.